The monoisotopic (exact) mass is 328 g/mol. The average molecular weight is 329 g/mol. The minimum Gasteiger partial charge on any atom is -0.383 e. The van der Waals surface area contributed by atoms with Crippen molar-refractivity contribution in [2.45, 2.75) is 86.2 Å². The molecule has 1 aromatic carbocycles. The topological polar surface area (TPSA) is 24.1 Å². The van der Waals surface area contributed by atoms with Crippen LogP contribution in [0.2, 0.25) is 0 Å². The van der Waals surface area contributed by atoms with E-state index in [1.807, 2.05) is 0 Å². The van der Waals surface area contributed by atoms with Gasteiger partial charge in [0.15, 0.2) is 0 Å². The number of fused-ring (bicyclic) bond motifs is 1. The third-order valence-electron chi connectivity index (χ3n) is 5.74. The molecule has 0 saturated carbocycles. The Hall–Kier alpha value is -1.44. The third kappa shape index (κ3) is 3.63. The summed E-state index contributed by atoms with van der Waals surface area (Å²) in [7, 11) is 0. The van der Waals surface area contributed by atoms with Crippen LogP contribution in [-0.4, -0.2) is 11.6 Å². The van der Waals surface area contributed by atoms with E-state index in [1.165, 1.54) is 40.1 Å². The molecule has 1 aromatic rings. The molecular formula is C22H36N2. The van der Waals surface area contributed by atoms with Crippen molar-refractivity contribution in [1.82, 2.24) is 0 Å². The van der Waals surface area contributed by atoms with Gasteiger partial charge in [0.25, 0.3) is 0 Å². The Kier molecular flexibility index (Phi) is 5.67. The first-order chi connectivity index (χ1) is 11.2. The molecule has 2 atom stereocenters. The van der Waals surface area contributed by atoms with Crippen LogP contribution in [0.3, 0.4) is 0 Å². The molecule has 134 valence electrons. The summed E-state index contributed by atoms with van der Waals surface area (Å²) in [5.74, 6) is 0.714. The van der Waals surface area contributed by atoms with Gasteiger partial charge in [-0.05, 0) is 81.7 Å². The molecule has 0 amide bonds. The fourth-order valence-electron chi connectivity index (χ4n) is 3.90. The van der Waals surface area contributed by atoms with E-state index in [-0.39, 0.29) is 5.54 Å². The highest BCUT2D eigenvalue weighted by atomic mass is 15.0. The fraction of sp³-hybridized carbons (Fsp3) is 0.636. The lowest BCUT2D eigenvalue weighted by atomic mass is 9.79. The van der Waals surface area contributed by atoms with Gasteiger partial charge in [0.05, 0.1) is 5.54 Å². The number of hydrogen-bond donors (Lipinski definition) is 2. The first-order valence-electron chi connectivity index (χ1n) is 9.61. The van der Waals surface area contributed by atoms with E-state index in [2.05, 4.69) is 78.2 Å². The molecule has 0 aromatic heterocycles. The maximum atomic E-state index is 3.85. The summed E-state index contributed by atoms with van der Waals surface area (Å²) in [5, 5.41) is 7.57. The lowest BCUT2D eigenvalue weighted by molar-refractivity contribution is 0.539. The second-order valence-corrected chi connectivity index (χ2v) is 8.15. The van der Waals surface area contributed by atoms with Crippen LogP contribution in [0.15, 0.2) is 17.7 Å². The molecule has 0 saturated heterocycles. The first-order valence-corrected chi connectivity index (χ1v) is 9.61. The van der Waals surface area contributed by atoms with Gasteiger partial charge >= 0.3 is 0 Å². The van der Waals surface area contributed by atoms with E-state index < -0.39 is 0 Å². The van der Waals surface area contributed by atoms with Gasteiger partial charge in [-0.3, -0.25) is 0 Å². The second kappa shape index (κ2) is 7.21. The molecule has 0 spiro atoms. The van der Waals surface area contributed by atoms with Crippen LogP contribution in [0.1, 0.15) is 79.4 Å². The van der Waals surface area contributed by atoms with Crippen LogP contribution in [-0.2, 0) is 6.42 Å². The Labute approximate surface area is 149 Å². The van der Waals surface area contributed by atoms with E-state index in [0.29, 0.717) is 12.0 Å². The standard InChI is InChI=1S/C22H36N2/c1-9-18-12-19(23-15(5)11-14(3)4)13-20-16(6)17(7)22(8,10-2)24-21(18)20/h12-15,23-24H,9-11H2,1-8H3. The molecule has 1 aliphatic rings. The quantitative estimate of drug-likeness (QED) is 0.624. The molecule has 0 fully saturated rings. The highest BCUT2D eigenvalue weighted by Gasteiger charge is 2.32. The number of aryl methyl sites for hydroxylation is 1. The average Bonchev–Trinajstić information content (AvgIpc) is 2.52. The Balaban J connectivity index is 2.44. The fourth-order valence-corrected chi connectivity index (χ4v) is 3.90. The number of rotatable bonds is 6. The minimum atomic E-state index is 0.0703. The first kappa shape index (κ1) is 18.9. The Bertz CT molecular complexity index is 627. The molecule has 0 radical (unpaired) electrons. The van der Waals surface area contributed by atoms with Crippen molar-refractivity contribution in [2.24, 2.45) is 5.92 Å². The van der Waals surface area contributed by atoms with E-state index in [1.54, 1.807) is 0 Å². The van der Waals surface area contributed by atoms with Gasteiger partial charge in [0, 0.05) is 23.0 Å². The lowest BCUT2D eigenvalue weighted by Crippen LogP contribution is -2.39. The van der Waals surface area contributed by atoms with Crippen LogP contribution in [0.25, 0.3) is 5.57 Å². The van der Waals surface area contributed by atoms with Crippen molar-refractivity contribution in [3.63, 3.8) is 0 Å². The van der Waals surface area contributed by atoms with Crippen molar-refractivity contribution >= 4 is 16.9 Å². The van der Waals surface area contributed by atoms with Crippen molar-refractivity contribution in [1.29, 1.82) is 0 Å². The molecule has 2 unspecified atom stereocenters. The van der Waals surface area contributed by atoms with Gasteiger partial charge in [0.1, 0.15) is 0 Å². The highest BCUT2D eigenvalue weighted by molar-refractivity contribution is 5.86. The Morgan fingerprint density at radius 3 is 2.33 bits per heavy atom. The lowest BCUT2D eigenvalue weighted by Gasteiger charge is -2.40. The van der Waals surface area contributed by atoms with E-state index in [9.17, 15) is 0 Å². The van der Waals surface area contributed by atoms with Gasteiger partial charge in [-0.1, -0.05) is 27.7 Å². The maximum Gasteiger partial charge on any atom is 0.0558 e. The van der Waals surface area contributed by atoms with E-state index in [4.69, 9.17) is 0 Å². The SMILES string of the molecule is CCc1cc(NC(C)CC(C)C)cc2c1NC(C)(CC)C(C)=C2C. The predicted molar refractivity (Wildman–Crippen MR) is 109 cm³/mol. The zero-order chi connectivity index (χ0) is 18.1. The summed E-state index contributed by atoms with van der Waals surface area (Å²) < 4.78 is 0. The molecule has 0 bridgehead atoms. The summed E-state index contributed by atoms with van der Waals surface area (Å²) >= 11 is 0. The van der Waals surface area contributed by atoms with E-state index in [0.717, 1.165) is 12.8 Å². The number of benzene rings is 1. The van der Waals surface area contributed by atoms with Gasteiger partial charge in [-0.15, -0.1) is 0 Å². The van der Waals surface area contributed by atoms with E-state index >= 15 is 0 Å². The van der Waals surface area contributed by atoms with Gasteiger partial charge in [0.2, 0.25) is 0 Å². The number of nitrogens with one attached hydrogen (secondary N) is 2. The Morgan fingerprint density at radius 2 is 1.79 bits per heavy atom. The summed E-state index contributed by atoms with van der Waals surface area (Å²) in [6.45, 7) is 18.3. The van der Waals surface area contributed by atoms with Crippen molar-refractivity contribution < 1.29 is 0 Å². The zero-order valence-corrected chi connectivity index (χ0v) is 16.9. The second-order valence-electron chi connectivity index (χ2n) is 8.15. The van der Waals surface area contributed by atoms with Crippen molar-refractivity contribution in [3.8, 4) is 0 Å². The summed E-state index contributed by atoms with van der Waals surface area (Å²) in [4.78, 5) is 0. The van der Waals surface area contributed by atoms with Crippen LogP contribution in [0, 0.1) is 5.92 Å². The third-order valence-corrected chi connectivity index (χ3v) is 5.74. The number of hydrogen-bond acceptors (Lipinski definition) is 2. The molecule has 0 aliphatic carbocycles. The number of anilines is 2. The largest absolute Gasteiger partial charge is 0.383 e. The predicted octanol–water partition coefficient (Wildman–Crippen LogP) is 6.48. The summed E-state index contributed by atoms with van der Waals surface area (Å²) in [6.07, 6.45) is 3.35. The molecule has 2 nitrogen and oxygen atoms in total. The molecule has 1 aliphatic heterocycles. The number of allylic oxidation sites excluding steroid dienone is 1. The maximum absolute atomic E-state index is 3.85. The Morgan fingerprint density at radius 1 is 1.12 bits per heavy atom. The van der Waals surface area contributed by atoms with Gasteiger partial charge in [-0.2, -0.15) is 0 Å². The smallest absolute Gasteiger partial charge is 0.0558 e. The van der Waals surface area contributed by atoms with Gasteiger partial charge in [-0.25, -0.2) is 0 Å². The van der Waals surface area contributed by atoms with Crippen molar-refractivity contribution in [2.75, 3.05) is 10.6 Å². The van der Waals surface area contributed by atoms with Crippen LogP contribution in [0.4, 0.5) is 11.4 Å². The molecular weight excluding hydrogens is 292 g/mol. The van der Waals surface area contributed by atoms with Crippen molar-refractivity contribution in [3.05, 3.63) is 28.8 Å². The molecule has 2 heteroatoms. The van der Waals surface area contributed by atoms with Gasteiger partial charge < -0.3 is 10.6 Å². The van der Waals surface area contributed by atoms with Crippen LogP contribution in [0.5, 0.6) is 0 Å². The molecule has 24 heavy (non-hydrogen) atoms. The highest BCUT2D eigenvalue weighted by Crippen LogP contribution is 2.43. The van der Waals surface area contributed by atoms with Crippen LogP contribution < -0.4 is 10.6 Å². The molecule has 2 N–H and O–H groups in total. The zero-order valence-electron chi connectivity index (χ0n) is 16.9. The summed E-state index contributed by atoms with van der Waals surface area (Å²) in [6, 6.07) is 5.18. The normalized spacial score (nSPS) is 21.5. The van der Waals surface area contributed by atoms with Crippen LogP contribution >= 0.6 is 0 Å². The molecule has 2 rings (SSSR count). The minimum absolute atomic E-state index is 0.0703. The molecule has 1 heterocycles. The summed E-state index contributed by atoms with van der Waals surface area (Å²) in [5.41, 5.74) is 8.35.